The van der Waals surface area contributed by atoms with Crippen molar-refractivity contribution in [1.82, 2.24) is 9.13 Å². The molecule has 0 spiro atoms. The number of hydrogen-bond donors (Lipinski definition) is 0. The van der Waals surface area contributed by atoms with E-state index in [0.29, 0.717) is 0 Å². The number of terminal acetylenes is 2. The molecule has 1 heterocycles. The van der Waals surface area contributed by atoms with Crippen LogP contribution in [0.1, 0.15) is 0 Å². The van der Waals surface area contributed by atoms with Gasteiger partial charge in [0.05, 0.1) is 13.1 Å². The minimum atomic E-state index is -0.604. The molecule has 1 aromatic heterocycles. The first kappa shape index (κ1) is 11.2. The molecular formula is C10H7ClN2O2. The third-order valence-electron chi connectivity index (χ3n) is 1.71. The van der Waals surface area contributed by atoms with Crippen molar-refractivity contribution in [3.63, 3.8) is 0 Å². The second-order valence-electron chi connectivity index (χ2n) is 2.69. The first-order valence-electron chi connectivity index (χ1n) is 3.98. The third-order valence-corrected chi connectivity index (χ3v) is 1.97. The maximum atomic E-state index is 11.6. The lowest BCUT2D eigenvalue weighted by atomic mass is 10.5. The second-order valence-corrected chi connectivity index (χ2v) is 3.09. The van der Waals surface area contributed by atoms with Gasteiger partial charge in [0.2, 0.25) is 0 Å². The molecule has 0 radical (unpaired) electrons. The monoisotopic (exact) mass is 222 g/mol. The van der Waals surface area contributed by atoms with Crippen LogP contribution in [0.3, 0.4) is 0 Å². The molecule has 0 N–H and O–H groups in total. The quantitative estimate of drug-likeness (QED) is 0.658. The van der Waals surface area contributed by atoms with E-state index in [1.54, 1.807) is 0 Å². The molecule has 0 bridgehead atoms. The number of rotatable bonds is 2. The molecule has 0 saturated carbocycles. The van der Waals surface area contributed by atoms with E-state index in [1.807, 2.05) is 0 Å². The van der Waals surface area contributed by atoms with Gasteiger partial charge in [-0.3, -0.25) is 9.36 Å². The van der Waals surface area contributed by atoms with E-state index in [1.165, 1.54) is 6.20 Å². The van der Waals surface area contributed by atoms with Crippen molar-refractivity contribution in [2.75, 3.05) is 0 Å². The maximum Gasteiger partial charge on any atom is 0.332 e. The summed E-state index contributed by atoms with van der Waals surface area (Å²) in [6, 6.07) is 0. The number of halogens is 1. The van der Waals surface area contributed by atoms with Gasteiger partial charge in [0.25, 0.3) is 5.56 Å². The highest BCUT2D eigenvalue weighted by molar-refractivity contribution is 6.30. The lowest BCUT2D eigenvalue weighted by molar-refractivity contribution is 0.637. The summed E-state index contributed by atoms with van der Waals surface area (Å²) in [5.74, 6) is 4.48. The summed E-state index contributed by atoms with van der Waals surface area (Å²) in [7, 11) is 0. The van der Waals surface area contributed by atoms with Crippen LogP contribution in [-0.2, 0) is 13.1 Å². The van der Waals surface area contributed by atoms with Crippen LogP contribution in [0.5, 0.6) is 0 Å². The van der Waals surface area contributed by atoms with Gasteiger partial charge in [-0.05, 0) is 0 Å². The fourth-order valence-electron chi connectivity index (χ4n) is 1.06. The smallest absolute Gasteiger partial charge is 0.287 e. The zero-order valence-corrected chi connectivity index (χ0v) is 8.49. The van der Waals surface area contributed by atoms with Gasteiger partial charge >= 0.3 is 5.69 Å². The van der Waals surface area contributed by atoms with Crippen LogP contribution >= 0.6 is 11.6 Å². The molecule has 0 saturated heterocycles. The van der Waals surface area contributed by atoms with Crippen LogP contribution in [0.25, 0.3) is 0 Å². The van der Waals surface area contributed by atoms with Crippen LogP contribution in [0, 0.1) is 24.7 Å². The summed E-state index contributed by atoms with van der Waals surface area (Å²) in [5.41, 5.74) is -1.16. The van der Waals surface area contributed by atoms with Gasteiger partial charge in [0.15, 0.2) is 0 Å². The standard InChI is InChI=1S/C10H7ClN2O2/c1-3-5-12-7-8(11)9(14)13(6-4-2)10(12)15/h1-2,7H,5-6H2. The maximum absolute atomic E-state index is 11.6. The van der Waals surface area contributed by atoms with Crippen LogP contribution in [0.15, 0.2) is 15.8 Å². The molecule has 0 aliphatic carbocycles. The van der Waals surface area contributed by atoms with Crippen molar-refractivity contribution in [3.05, 3.63) is 32.1 Å². The molecule has 0 fully saturated rings. The number of hydrogen-bond acceptors (Lipinski definition) is 2. The van der Waals surface area contributed by atoms with Gasteiger partial charge in [0.1, 0.15) is 5.02 Å². The van der Waals surface area contributed by atoms with Crippen molar-refractivity contribution in [2.45, 2.75) is 13.1 Å². The molecule has 5 heteroatoms. The zero-order chi connectivity index (χ0) is 11.4. The van der Waals surface area contributed by atoms with Crippen LogP contribution < -0.4 is 11.2 Å². The Morgan fingerprint density at radius 2 is 1.87 bits per heavy atom. The van der Waals surface area contributed by atoms with Gasteiger partial charge in [0, 0.05) is 6.20 Å². The summed E-state index contributed by atoms with van der Waals surface area (Å²) < 4.78 is 2.01. The van der Waals surface area contributed by atoms with Gasteiger partial charge in [-0.15, -0.1) is 12.8 Å². The zero-order valence-electron chi connectivity index (χ0n) is 7.74. The van der Waals surface area contributed by atoms with E-state index in [0.717, 1.165) is 9.13 Å². The van der Waals surface area contributed by atoms with Crippen molar-refractivity contribution < 1.29 is 0 Å². The van der Waals surface area contributed by atoms with E-state index in [-0.39, 0.29) is 18.1 Å². The van der Waals surface area contributed by atoms with E-state index < -0.39 is 11.2 Å². The van der Waals surface area contributed by atoms with Crippen LogP contribution in [-0.4, -0.2) is 9.13 Å². The van der Waals surface area contributed by atoms with Crippen LogP contribution in [0.2, 0.25) is 5.02 Å². The normalized spacial score (nSPS) is 9.27. The molecule has 0 aliphatic heterocycles. The van der Waals surface area contributed by atoms with Crippen LogP contribution in [0.4, 0.5) is 0 Å². The molecule has 1 rings (SSSR count). The predicted molar refractivity (Wildman–Crippen MR) is 57.6 cm³/mol. The first-order chi connectivity index (χ1) is 7.11. The Kier molecular flexibility index (Phi) is 3.38. The molecule has 0 atom stereocenters. The Balaban J connectivity index is 3.52. The lowest BCUT2D eigenvalue weighted by Crippen LogP contribution is -2.39. The fourth-order valence-corrected chi connectivity index (χ4v) is 1.28. The molecule has 1 aromatic rings. The summed E-state index contributed by atoms with van der Waals surface area (Å²) in [6.07, 6.45) is 11.3. The van der Waals surface area contributed by atoms with E-state index in [4.69, 9.17) is 24.4 Å². The highest BCUT2D eigenvalue weighted by Crippen LogP contribution is 1.96. The fraction of sp³-hybridized carbons (Fsp3) is 0.200. The van der Waals surface area contributed by atoms with Gasteiger partial charge in [-0.25, -0.2) is 9.36 Å². The Morgan fingerprint density at radius 3 is 2.40 bits per heavy atom. The SMILES string of the molecule is C#CCn1cc(Cl)c(=O)n(CC#C)c1=O. The van der Waals surface area contributed by atoms with Gasteiger partial charge in [-0.1, -0.05) is 23.4 Å². The molecule has 76 valence electrons. The van der Waals surface area contributed by atoms with E-state index in [2.05, 4.69) is 11.8 Å². The molecule has 0 aliphatic rings. The second kappa shape index (κ2) is 4.54. The largest absolute Gasteiger partial charge is 0.332 e. The average molecular weight is 223 g/mol. The Labute approximate surface area is 91.1 Å². The Morgan fingerprint density at radius 1 is 1.27 bits per heavy atom. The molecule has 4 nitrogen and oxygen atoms in total. The highest BCUT2D eigenvalue weighted by atomic mass is 35.5. The van der Waals surface area contributed by atoms with Crippen molar-refractivity contribution >= 4 is 11.6 Å². The molecule has 0 unspecified atom stereocenters. The summed E-state index contributed by atoms with van der Waals surface area (Å²) in [4.78, 5) is 23.0. The third kappa shape index (κ3) is 2.12. The minimum absolute atomic E-state index is 0.0450. The summed E-state index contributed by atoms with van der Waals surface area (Å²) in [6.45, 7) is -0.0772. The van der Waals surface area contributed by atoms with Gasteiger partial charge in [-0.2, -0.15) is 0 Å². The minimum Gasteiger partial charge on any atom is -0.287 e. The molecular weight excluding hydrogens is 216 g/mol. The lowest BCUT2D eigenvalue weighted by Gasteiger charge is -2.05. The summed E-state index contributed by atoms with van der Waals surface area (Å²) >= 11 is 5.63. The van der Waals surface area contributed by atoms with Crippen molar-refractivity contribution in [2.24, 2.45) is 0 Å². The van der Waals surface area contributed by atoms with Crippen molar-refractivity contribution in [1.29, 1.82) is 0 Å². The summed E-state index contributed by atoms with van der Waals surface area (Å²) in [5, 5.41) is -0.0832. The Bertz CT molecular complexity index is 569. The van der Waals surface area contributed by atoms with Crippen molar-refractivity contribution in [3.8, 4) is 24.7 Å². The van der Waals surface area contributed by atoms with Gasteiger partial charge < -0.3 is 0 Å². The average Bonchev–Trinajstić information content (AvgIpc) is 2.21. The molecule has 0 aromatic carbocycles. The molecule has 0 amide bonds. The first-order valence-corrected chi connectivity index (χ1v) is 4.36. The molecule has 15 heavy (non-hydrogen) atoms. The Hall–Kier alpha value is -1.91. The highest BCUT2D eigenvalue weighted by Gasteiger charge is 2.07. The number of nitrogens with zero attached hydrogens (tertiary/aromatic N) is 2. The van der Waals surface area contributed by atoms with E-state index in [9.17, 15) is 9.59 Å². The predicted octanol–water partition coefficient (Wildman–Crippen LogP) is -0.0702. The van der Waals surface area contributed by atoms with E-state index >= 15 is 0 Å². The topological polar surface area (TPSA) is 44.0 Å². The number of aromatic nitrogens is 2.